The number of carbonyl (C=O) groups excluding carboxylic acids is 1. The van der Waals surface area contributed by atoms with Crippen molar-refractivity contribution in [1.29, 1.82) is 0 Å². The van der Waals surface area contributed by atoms with Crippen molar-refractivity contribution in [2.45, 2.75) is 25.8 Å². The number of nitro benzene ring substituents is 1. The topological polar surface area (TPSA) is 68.4 Å². The first-order valence-corrected chi connectivity index (χ1v) is 7.66. The maximum Gasteiger partial charge on any atom is 0.270 e. The van der Waals surface area contributed by atoms with Crippen molar-refractivity contribution in [3.05, 3.63) is 63.5 Å². The summed E-state index contributed by atoms with van der Waals surface area (Å²) in [5.41, 5.74) is 2.23. The maximum absolute atomic E-state index is 13.0. The lowest BCUT2D eigenvalue weighted by Crippen LogP contribution is -2.32. The highest BCUT2D eigenvalue weighted by atomic mass is 16.6. The van der Waals surface area contributed by atoms with Gasteiger partial charge in [-0.2, -0.15) is 0 Å². The van der Waals surface area contributed by atoms with Gasteiger partial charge in [-0.3, -0.25) is 14.9 Å². The van der Waals surface area contributed by atoms with Gasteiger partial charge in [-0.25, -0.2) is 0 Å². The van der Waals surface area contributed by atoms with E-state index in [9.17, 15) is 14.9 Å². The largest absolute Gasteiger partial charge is 0.353 e. The number of aromatic nitrogens is 1. The fourth-order valence-corrected chi connectivity index (χ4v) is 3.25. The van der Waals surface area contributed by atoms with Crippen LogP contribution in [0.5, 0.6) is 0 Å². The second-order valence-corrected chi connectivity index (χ2v) is 5.96. The summed E-state index contributed by atoms with van der Waals surface area (Å²) in [6, 6.07) is 8.48. The second-order valence-electron chi connectivity index (χ2n) is 5.96. The van der Waals surface area contributed by atoms with Gasteiger partial charge in [0.1, 0.15) is 0 Å². The first-order valence-electron chi connectivity index (χ1n) is 7.66. The predicted octanol–water partition coefficient (Wildman–Crippen LogP) is 3.22. The number of hydrogen-bond acceptors (Lipinski definition) is 3. The van der Waals surface area contributed by atoms with E-state index in [0.717, 1.165) is 24.1 Å². The number of nitro groups is 1. The standard InChI is InChI=1S/C17H19N3O3/c1-12-7-8-13(20(22)23)11-14(12)17(21)19-10-4-6-16(19)15-5-3-9-18(15)2/h3,5,7-9,11,16H,4,6,10H2,1-2H3/t16-/m0/s1. The third-order valence-corrected chi connectivity index (χ3v) is 4.50. The van der Waals surface area contributed by atoms with Crippen LogP contribution in [-0.2, 0) is 7.05 Å². The van der Waals surface area contributed by atoms with Gasteiger partial charge >= 0.3 is 0 Å². The molecule has 3 rings (SSSR count). The van der Waals surface area contributed by atoms with E-state index >= 15 is 0 Å². The number of carbonyl (C=O) groups is 1. The number of hydrogen-bond donors (Lipinski definition) is 0. The van der Waals surface area contributed by atoms with Gasteiger partial charge in [-0.1, -0.05) is 6.07 Å². The van der Waals surface area contributed by atoms with Gasteiger partial charge < -0.3 is 9.47 Å². The van der Waals surface area contributed by atoms with Gasteiger partial charge in [0.25, 0.3) is 11.6 Å². The molecule has 6 heteroatoms. The molecule has 0 spiro atoms. The van der Waals surface area contributed by atoms with Gasteiger partial charge in [0.05, 0.1) is 11.0 Å². The van der Waals surface area contributed by atoms with E-state index in [1.165, 1.54) is 12.1 Å². The Kier molecular flexibility index (Phi) is 3.90. The fourth-order valence-electron chi connectivity index (χ4n) is 3.25. The molecule has 2 aromatic rings. The molecule has 1 fully saturated rings. The van der Waals surface area contributed by atoms with E-state index in [0.29, 0.717) is 12.1 Å². The minimum absolute atomic E-state index is 0.0289. The lowest BCUT2D eigenvalue weighted by Gasteiger charge is -2.26. The van der Waals surface area contributed by atoms with E-state index in [-0.39, 0.29) is 17.6 Å². The Morgan fingerprint density at radius 1 is 1.35 bits per heavy atom. The van der Waals surface area contributed by atoms with Crippen molar-refractivity contribution < 1.29 is 9.72 Å². The molecule has 0 aliphatic carbocycles. The number of amides is 1. The third kappa shape index (κ3) is 2.72. The molecule has 0 radical (unpaired) electrons. The molecule has 1 aromatic heterocycles. The zero-order chi connectivity index (χ0) is 16.6. The van der Waals surface area contributed by atoms with E-state index in [4.69, 9.17) is 0 Å². The Bertz CT molecular complexity index is 766. The highest BCUT2D eigenvalue weighted by molar-refractivity contribution is 5.96. The number of aryl methyl sites for hydroxylation is 2. The van der Waals surface area contributed by atoms with Crippen LogP contribution in [0.15, 0.2) is 36.5 Å². The molecule has 1 aliphatic heterocycles. The molecular formula is C17H19N3O3. The molecule has 1 aromatic carbocycles. The molecule has 0 N–H and O–H groups in total. The van der Waals surface area contributed by atoms with Gasteiger partial charge in [-0.05, 0) is 37.5 Å². The zero-order valence-corrected chi connectivity index (χ0v) is 13.2. The number of likely N-dealkylation sites (tertiary alicyclic amines) is 1. The first kappa shape index (κ1) is 15.3. The Labute approximate surface area is 134 Å². The highest BCUT2D eigenvalue weighted by Crippen LogP contribution is 2.34. The zero-order valence-electron chi connectivity index (χ0n) is 13.2. The quantitative estimate of drug-likeness (QED) is 0.645. The van der Waals surface area contributed by atoms with Crippen molar-refractivity contribution >= 4 is 11.6 Å². The molecule has 23 heavy (non-hydrogen) atoms. The molecule has 1 atom stereocenters. The minimum atomic E-state index is -0.463. The van der Waals surface area contributed by atoms with Crippen molar-refractivity contribution in [3.8, 4) is 0 Å². The van der Waals surface area contributed by atoms with Crippen molar-refractivity contribution in [2.24, 2.45) is 7.05 Å². The molecule has 1 amide bonds. The molecule has 2 heterocycles. The summed E-state index contributed by atoms with van der Waals surface area (Å²) in [7, 11) is 1.97. The van der Waals surface area contributed by atoms with E-state index < -0.39 is 4.92 Å². The van der Waals surface area contributed by atoms with Crippen molar-refractivity contribution in [2.75, 3.05) is 6.54 Å². The number of benzene rings is 1. The Balaban J connectivity index is 1.95. The Hall–Kier alpha value is -2.63. The van der Waals surface area contributed by atoms with Crippen LogP contribution in [0.25, 0.3) is 0 Å². The summed E-state index contributed by atoms with van der Waals surface area (Å²) in [6.07, 6.45) is 3.82. The molecule has 0 saturated carbocycles. The van der Waals surface area contributed by atoms with E-state index in [1.54, 1.807) is 6.07 Å². The number of non-ortho nitro benzene ring substituents is 1. The van der Waals surface area contributed by atoms with Crippen LogP contribution in [0.3, 0.4) is 0 Å². The highest BCUT2D eigenvalue weighted by Gasteiger charge is 2.32. The molecule has 120 valence electrons. The lowest BCUT2D eigenvalue weighted by atomic mass is 10.1. The Morgan fingerprint density at radius 2 is 2.13 bits per heavy atom. The summed E-state index contributed by atoms with van der Waals surface area (Å²) in [5, 5.41) is 11.0. The average Bonchev–Trinajstić information content (AvgIpc) is 3.14. The first-order chi connectivity index (χ1) is 11.0. The summed E-state index contributed by atoms with van der Waals surface area (Å²) in [4.78, 5) is 25.3. The van der Waals surface area contributed by atoms with Crippen LogP contribution in [0.2, 0.25) is 0 Å². The average molecular weight is 313 g/mol. The fraction of sp³-hybridized carbons (Fsp3) is 0.353. The predicted molar refractivity (Wildman–Crippen MR) is 86.3 cm³/mol. The van der Waals surface area contributed by atoms with E-state index in [1.807, 2.05) is 41.8 Å². The molecule has 0 bridgehead atoms. The smallest absolute Gasteiger partial charge is 0.270 e. The summed E-state index contributed by atoms with van der Waals surface area (Å²) in [5.74, 6) is -0.130. The second kappa shape index (κ2) is 5.87. The van der Waals surface area contributed by atoms with Crippen molar-refractivity contribution in [1.82, 2.24) is 9.47 Å². The van der Waals surface area contributed by atoms with Crippen LogP contribution in [-0.4, -0.2) is 26.8 Å². The molecular weight excluding hydrogens is 294 g/mol. The third-order valence-electron chi connectivity index (χ3n) is 4.50. The van der Waals surface area contributed by atoms with E-state index in [2.05, 4.69) is 0 Å². The lowest BCUT2D eigenvalue weighted by molar-refractivity contribution is -0.384. The minimum Gasteiger partial charge on any atom is -0.353 e. The molecule has 0 unspecified atom stereocenters. The van der Waals surface area contributed by atoms with Gasteiger partial charge in [0.15, 0.2) is 0 Å². The van der Waals surface area contributed by atoms with Crippen LogP contribution in [0.4, 0.5) is 5.69 Å². The molecule has 6 nitrogen and oxygen atoms in total. The van der Waals surface area contributed by atoms with Crippen molar-refractivity contribution in [3.63, 3.8) is 0 Å². The van der Waals surface area contributed by atoms with Crippen LogP contribution in [0.1, 0.15) is 40.5 Å². The van der Waals surface area contributed by atoms with Gasteiger partial charge in [-0.15, -0.1) is 0 Å². The SMILES string of the molecule is Cc1ccc([N+](=O)[O-])cc1C(=O)N1CCC[C@H]1c1cccn1C. The van der Waals surface area contributed by atoms with Gasteiger partial charge in [0, 0.05) is 43.2 Å². The van der Waals surface area contributed by atoms with Crippen LogP contribution >= 0.6 is 0 Å². The maximum atomic E-state index is 13.0. The molecule has 1 aliphatic rings. The summed E-state index contributed by atoms with van der Waals surface area (Å²) < 4.78 is 2.02. The summed E-state index contributed by atoms with van der Waals surface area (Å²) >= 11 is 0. The monoisotopic (exact) mass is 313 g/mol. The number of nitrogens with zero attached hydrogens (tertiary/aromatic N) is 3. The molecule has 1 saturated heterocycles. The summed E-state index contributed by atoms with van der Waals surface area (Å²) in [6.45, 7) is 2.49. The van der Waals surface area contributed by atoms with Crippen LogP contribution in [0, 0.1) is 17.0 Å². The number of rotatable bonds is 3. The van der Waals surface area contributed by atoms with Crippen LogP contribution < -0.4 is 0 Å². The van der Waals surface area contributed by atoms with Gasteiger partial charge in [0.2, 0.25) is 0 Å². The normalized spacial score (nSPS) is 17.5. The Morgan fingerprint density at radius 3 is 2.78 bits per heavy atom.